The summed E-state index contributed by atoms with van der Waals surface area (Å²) in [7, 11) is 3.36. The van der Waals surface area contributed by atoms with Crippen LogP contribution in [0.5, 0.6) is 0 Å². The molecule has 0 fully saturated rings. The molecule has 0 aromatic carbocycles. The maximum atomic E-state index is 4.72. The first-order chi connectivity index (χ1) is 3.81. The van der Waals surface area contributed by atoms with Crippen molar-refractivity contribution in [3.05, 3.63) is 0 Å². The fourth-order valence-electron chi connectivity index (χ4n) is 0.226. The maximum absolute atomic E-state index is 4.72. The molecule has 3 nitrogen and oxygen atoms in total. The van der Waals surface area contributed by atoms with Gasteiger partial charge in [0, 0.05) is 14.2 Å². The molecule has 0 spiro atoms. The lowest BCUT2D eigenvalue weighted by atomic mass is 11.0. The SMILES string of the molecule is CNC(=S)NCOC. The van der Waals surface area contributed by atoms with Crippen molar-refractivity contribution in [3.63, 3.8) is 0 Å². The van der Waals surface area contributed by atoms with Crippen molar-refractivity contribution >= 4 is 17.3 Å². The Kier molecular flexibility index (Phi) is 4.59. The van der Waals surface area contributed by atoms with Crippen LogP contribution in [-0.2, 0) is 4.74 Å². The van der Waals surface area contributed by atoms with E-state index < -0.39 is 0 Å². The zero-order valence-electron chi connectivity index (χ0n) is 5.02. The van der Waals surface area contributed by atoms with E-state index in [0.29, 0.717) is 11.8 Å². The van der Waals surface area contributed by atoms with Crippen molar-refractivity contribution in [3.8, 4) is 0 Å². The van der Waals surface area contributed by atoms with Crippen LogP contribution >= 0.6 is 12.2 Å². The number of ether oxygens (including phenoxy) is 1. The molecule has 2 N–H and O–H groups in total. The molecule has 0 saturated heterocycles. The van der Waals surface area contributed by atoms with Gasteiger partial charge in [-0.15, -0.1) is 0 Å². The highest BCUT2D eigenvalue weighted by Gasteiger charge is 1.84. The average molecular weight is 134 g/mol. The molecular formula is C4H10N2OS. The van der Waals surface area contributed by atoms with E-state index in [4.69, 9.17) is 12.2 Å². The number of nitrogens with one attached hydrogen (secondary N) is 2. The molecule has 0 saturated carbocycles. The summed E-state index contributed by atoms with van der Waals surface area (Å²) in [5.74, 6) is 0. The highest BCUT2D eigenvalue weighted by atomic mass is 32.1. The summed E-state index contributed by atoms with van der Waals surface area (Å²) in [5, 5.41) is 6.12. The second-order valence-corrected chi connectivity index (χ2v) is 1.60. The normalized spacial score (nSPS) is 8.25. The van der Waals surface area contributed by atoms with Gasteiger partial charge in [0.15, 0.2) is 5.11 Å². The molecular weight excluding hydrogens is 124 g/mol. The Hall–Kier alpha value is -0.350. The third kappa shape index (κ3) is 3.83. The zero-order valence-corrected chi connectivity index (χ0v) is 5.84. The highest BCUT2D eigenvalue weighted by molar-refractivity contribution is 7.80. The van der Waals surface area contributed by atoms with Crippen molar-refractivity contribution < 1.29 is 4.74 Å². The second-order valence-electron chi connectivity index (χ2n) is 1.19. The Labute approximate surface area is 54.4 Å². The van der Waals surface area contributed by atoms with Gasteiger partial charge in [-0.25, -0.2) is 0 Å². The molecule has 48 valence electrons. The van der Waals surface area contributed by atoms with Crippen LogP contribution in [0, 0.1) is 0 Å². The highest BCUT2D eigenvalue weighted by Crippen LogP contribution is 1.62. The molecule has 4 heteroatoms. The summed E-state index contributed by atoms with van der Waals surface area (Å²) in [5.41, 5.74) is 0. The first-order valence-electron chi connectivity index (χ1n) is 2.25. The Morgan fingerprint density at radius 3 is 2.75 bits per heavy atom. The smallest absolute Gasteiger partial charge is 0.167 e. The molecule has 0 aromatic rings. The fourth-order valence-corrected chi connectivity index (χ4v) is 0.285. The standard InChI is InChI=1S/C4H10N2OS/c1-5-4(8)6-3-7-2/h3H2,1-2H3,(H2,5,6,8). The van der Waals surface area contributed by atoms with E-state index in [1.807, 2.05) is 0 Å². The number of methoxy groups -OCH3 is 1. The first-order valence-corrected chi connectivity index (χ1v) is 2.66. The first kappa shape index (κ1) is 7.65. The molecule has 8 heavy (non-hydrogen) atoms. The monoisotopic (exact) mass is 134 g/mol. The average Bonchev–Trinajstić information content (AvgIpc) is 1.83. The van der Waals surface area contributed by atoms with Gasteiger partial charge in [-0.2, -0.15) is 0 Å². The summed E-state index contributed by atoms with van der Waals surface area (Å²) in [6.45, 7) is 0.458. The lowest BCUT2D eigenvalue weighted by Crippen LogP contribution is -2.33. The Morgan fingerprint density at radius 1 is 1.75 bits per heavy atom. The van der Waals surface area contributed by atoms with Gasteiger partial charge in [-0.1, -0.05) is 0 Å². The number of hydrogen-bond acceptors (Lipinski definition) is 2. The summed E-state index contributed by atoms with van der Waals surface area (Å²) in [4.78, 5) is 0. The van der Waals surface area contributed by atoms with Crippen LogP contribution in [-0.4, -0.2) is 26.0 Å². The molecule has 0 unspecified atom stereocenters. The van der Waals surface area contributed by atoms with E-state index in [0.717, 1.165) is 0 Å². The van der Waals surface area contributed by atoms with E-state index in [9.17, 15) is 0 Å². The van der Waals surface area contributed by atoms with Gasteiger partial charge in [-0.3, -0.25) is 0 Å². The quantitative estimate of drug-likeness (QED) is 0.401. The van der Waals surface area contributed by atoms with E-state index >= 15 is 0 Å². The third-order valence-corrected chi connectivity index (χ3v) is 0.953. The Morgan fingerprint density at radius 2 is 2.38 bits per heavy atom. The van der Waals surface area contributed by atoms with Gasteiger partial charge < -0.3 is 15.4 Å². The number of thiocarbonyl (C=S) groups is 1. The lowest BCUT2D eigenvalue weighted by Gasteiger charge is -2.03. The number of hydrogen-bond donors (Lipinski definition) is 2. The molecule has 0 radical (unpaired) electrons. The molecule has 0 aliphatic heterocycles. The van der Waals surface area contributed by atoms with Crippen molar-refractivity contribution in [2.24, 2.45) is 0 Å². The molecule has 0 aliphatic carbocycles. The molecule has 0 atom stereocenters. The predicted octanol–water partition coefficient (Wildman–Crippen LogP) is -0.316. The lowest BCUT2D eigenvalue weighted by molar-refractivity contribution is 0.192. The topological polar surface area (TPSA) is 33.3 Å². The van der Waals surface area contributed by atoms with Crippen LogP contribution in [0.1, 0.15) is 0 Å². The Balaban J connectivity index is 2.99. The van der Waals surface area contributed by atoms with Crippen LogP contribution in [0.3, 0.4) is 0 Å². The van der Waals surface area contributed by atoms with E-state index in [1.165, 1.54) is 0 Å². The van der Waals surface area contributed by atoms with Gasteiger partial charge in [0.1, 0.15) is 6.73 Å². The predicted molar refractivity (Wildman–Crippen MR) is 36.7 cm³/mol. The van der Waals surface area contributed by atoms with Gasteiger partial charge in [0.25, 0.3) is 0 Å². The van der Waals surface area contributed by atoms with E-state index in [1.54, 1.807) is 14.2 Å². The minimum absolute atomic E-state index is 0.458. The van der Waals surface area contributed by atoms with Crippen LogP contribution in [0.25, 0.3) is 0 Å². The van der Waals surface area contributed by atoms with E-state index in [-0.39, 0.29) is 0 Å². The van der Waals surface area contributed by atoms with Crippen LogP contribution in [0.15, 0.2) is 0 Å². The summed E-state index contributed by atoms with van der Waals surface area (Å²) < 4.78 is 4.68. The van der Waals surface area contributed by atoms with Gasteiger partial charge in [0.2, 0.25) is 0 Å². The van der Waals surface area contributed by atoms with Crippen molar-refractivity contribution in [1.29, 1.82) is 0 Å². The van der Waals surface area contributed by atoms with Crippen molar-refractivity contribution in [1.82, 2.24) is 10.6 Å². The molecule has 0 aromatic heterocycles. The summed E-state index contributed by atoms with van der Waals surface area (Å²) >= 11 is 4.72. The van der Waals surface area contributed by atoms with Gasteiger partial charge >= 0.3 is 0 Å². The minimum atomic E-state index is 0.458. The number of rotatable bonds is 2. The fraction of sp³-hybridized carbons (Fsp3) is 0.750. The zero-order chi connectivity index (χ0) is 6.41. The van der Waals surface area contributed by atoms with Gasteiger partial charge in [0.05, 0.1) is 0 Å². The Bertz CT molecular complexity index is 76.4. The third-order valence-electron chi connectivity index (χ3n) is 0.604. The van der Waals surface area contributed by atoms with Gasteiger partial charge in [-0.05, 0) is 12.2 Å². The molecule has 0 rings (SSSR count). The van der Waals surface area contributed by atoms with E-state index in [2.05, 4.69) is 15.4 Å². The van der Waals surface area contributed by atoms with Crippen LogP contribution in [0.2, 0.25) is 0 Å². The molecule has 0 bridgehead atoms. The minimum Gasteiger partial charge on any atom is -0.366 e. The van der Waals surface area contributed by atoms with Crippen molar-refractivity contribution in [2.45, 2.75) is 0 Å². The second kappa shape index (κ2) is 4.80. The summed E-state index contributed by atoms with van der Waals surface area (Å²) in [6, 6.07) is 0. The molecule has 0 heterocycles. The molecule has 0 amide bonds. The largest absolute Gasteiger partial charge is 0.366 e. The van der Waals surface area contributed by atoms with Crippen LogP contribution < -0.4 is 10.6 Å². The molecule has 0 aliphatic rings. The summed E-state index contributed by atoms with van der Waals surface area (Å²) in [6.07, 6.45) is 0. The van der Waals surface area contributed by atoms with Crippen LogP contribution in [0.4, 0.5) is 0 Å². The maximum Gasteiger partial charge on any atom is 0.167 e. The van der Waals surface area contributed by atoms with Crippen molar-refractivity contribution in [2.75, 3.05) is 20.9 Å².